The van der Waals surface area contributed by atoms with Crippen LogP contribution in [0.5, 0.6) is 0 Å². The highest BCUT2D eigenvalue weighted by Gasteiger charge is 2.36. The van der Waals surface area contributed by atoms with E-state index >= 15 is 0 Å². The molecule has 0 radical (unpaired) electrons. The van der Waals surface area contributed by atoms with Crippen LogP contribution in [0.2, 0.25) is 0 Å². The molecule has 0 aromatic rings. The molecule has 1 saturated carbocycles. The van der Waals surface area contributed by atoms with Crippen molar-refractivity contribution in [3.63, 3.8) is 0 Å². The Hall–Kier alpha value is -0.520. The Kier molecular flexibility index (Phi) is 1.23. The summed E-state index contributed by atoms with van der Waals surface area (Å²) in [5, 5.41) is 0. The van der Waals surface area contributed by atoms with E-state index < -0.39 is 0 Å². The van der Waals surface area contributed by atoms with Gasteiger partial charge in [0.1, 0.15) is 0 Å². The van der Waals surface area contributed by atoms with Gasteiger partial charge in [0.2, 0.25) is 0 Å². The van der Waals surface area contributed by atoms with E-state index in [1.807, 2.05) is 0 Å². The number of hydrogen-bond donors (Lipinski definition) is 0. The maximum Gasteiger partial charge on any atom is -0.0137 e. The van der Waals surface area contributed by atoms with E-state index in [1.165, 1.54) is 12.8 Å². The van der Waals surface area contributed by atoms with Crippen LogP contribution < -0.4 is 0 Å². The smallest absolute Gasteiger partial charge is 0.0137 e. The van der Waals surface area contributed by atoms with Crippen LogP contribution in [0.25, 0.3) is 0 Å². The van der Waals surface area contributed by atoms with E-state index in [1.54, 1.807) is 5.57 Å². The molecule has 3 atom stereocenters. The van der Waals surface area contributed by atoms with Gasteiger partial charge in [0.25, 0.3) is 0 Å². The summed E-state index contributed by atoms with van der Waals surface area (Å²) in [7, 11) is 0. The lowest BCUT2D eigenvalue weighted by molar-refractivity contribution is 0.525. The second-order valence-corrected chi connectivity index (χ2v) is 3.65. The largest absolute Gasteiger partial charge is 0.103 e. The van der Waals surface area contributed by atoms with Crippen molar-refractivity contribution < 1.29 is 0 Å². The molecule has 0 saturated heterocycles. The molecule has 2 rings (SSSR count). The lowest BCUT2D eigenvalue weighted by atomic mass is 9.88. The van der Waals surface area contributed by atoms with Crippen molar-refractivity contribution in [1.29, 1.82) is 0 Å². The van der Waals surface area contributed by atoms with Crippen LogP contribution in [0, 0.1) is 17.8 Å². The summed E-state index contributed by atoms with van der Waals surface area (Å²) < 4.78 is 0. The molecule has 0 N–H and O–H groups in total. The van der Waals surface area contributed by atoms with E-state index in [4.69, 9.17) is 0 Å². The Morgan fingerprint density at radius 2 is 2.40 bits per heavy atom. The van der Waals surface area contributed by atoms with Crippen molar-refractivity contribution in [2.24, 2.45) is 17.8 Å². The van der Waals surface area contributed by atoms with Crippen molar-refractivity contribution in [1.82, 2.24) is 0 Å². The molecule has 2 bridgehead atoms. The summed E-state index contributed by atoms with van der Waals surface area (Å²) in [6.07, 6.45) is 7.36. The first kappa shape index (κ1) is 6.21. The van der Waals surface area contributed by atoms with Gasteiger partial charge < -0.3 is 0 Å². The summed E-state index contributed by atoms with van der Waals surface area (Å²) in [6, 6.07) is 0. The topological polar surface area (TPSA) is 0 Å². The van der Waals surface area contributed by atoms with Gasteiger partial charge in [-0.15, -0.1) is 6.58 Å². The molecule has 0 spiro atoms. The average Bonchev–Trinajstić information content (AvgIpc) is 2.44. The highest BCUT2D eigenvalue weighted by atomic mass is 14.4. The molecule has 0 unspecified atom stereocenters. The van der Waals surface area contributed by atoms with Gasteiger partial charge in [-0.2, -0.15) is 0 Å². The fraction of sp³-hybridized carbons (Fsp3) is 0.600. The maximum atomic E-state index is 3.87. The minimum Gasteiger partial charge on any atom is -0.103 e. The Morgan fingerprint density at radius 3 is 2.80 bits per heavy atom. The summed E-state index contributed by atoms with van der Waals surface area (Å²) in [6.45, 7) is 6.13. The minimum absolute atomic E-state index is 0.801. The number of hydrogen-bond acceptors (Lipinski definition) is 0. The Balaban J connectivity index is 2.23. The van der Waals surface area contributed by atoms with Gasteiger partial charge in [-0.25, -0.2) is 0 Å². The minimum atomic E-state index is 0.801. The molecular formula is C10H14. The Morgan fingerprint density at radius 1 is 1.60 bits per heavy atom. The monoisotopic (exact) mass is 134 g/mol. The van der Waals surface area contributed by atoms with Crippen molar-refractivity contribution in [2.75, 3.05) is 0 Å². The molecule has 0 aliphatic heterocycles. The summed E-state index contributed by atoms with van der Waals surface area (Å²) in [5.41, 5.74) is 1.61. The second kappa shape index (κ2) is 1.98. The van der Waals surface area contributed by atoms with Gasteiger partial charge in [0, 0.05) is 0 Å². The average molecular weight is 134 g/mol. The Bertz CT molecular complexity index is 188. The van der Waals surface area contributed by atoms with E-state index in [-0.39, 0.29) is 0 Å². The molecule has 0 amide bonds. The molecule has 0 aromatic heterocycles. The standard InChI is InChI=1S/C10H14/c1-3-9-5-8-4-7(2)10(9)6-8/h3-4,8-10H,1,5-6H2,2H3/t8-,9+,10+/m0/s1. The summed E-state index contributed by atoms with van der Waals surface area (Å²) in [4.78, 5) is 0. The van der Waals surface area contributed by atoms with Gasteiger partial charge in [-0.05, 0) is 37.5 Å². The first-order chi connectivity index (χ1) is 4.81. The summed E-state index contributed by atoms with van der Waals surface area (Å²) in [5.74, 6) is 2.56. The van der Waals surface area contributed by atoms with Crippen LogP contribution in [0.3, 0.4) is 0 Å². The molecular weight excluding hydrogens is 120 g/mol. The quantitative estimate of drug-likeness (QED) is 0.484. The normalized spacial score (nSPS) is 43.7. The molecule has 0 heterocycles. The molecule has 54 valence electrons. The van der Waals surface area contributed by atoms with E-state index in [0.717, 1.165) is 17.8 Å². The van der Waals surface area contributed by atoms with Crippen molar-refractivity contribution in [3.05, 3.63) is 24.3 Å². The lowest BCUT2D eigenvalue weighted by Gasteiger charge is -2.17. The van der Waals surface area contributed by atoms with Gasteiger partial charge in [0.05, 0.1) is 0 Å². The van der Waals surface area contributed by atoms with Crippen LogP contribution in [0.1, 0.15) is 19.8 Å². The van der Waals surface area contributed by atoms with Crippen molar-refractivity contribution in [3.8, 4) is 0 Å². The first-order valence-electron chi connectivity index (χ1n) is 4.12. The predicted molar refractivity (Wildman–Crippen MR) is 43.7 cm³/mol. The van der Waals surface area contributed by atoms with Crippen LogP contribution >= 0.6 is 0 Å². The first-order valence-corrected chi connectivity index (χ1v) is 4.12. The molecule has 0 nitrogen and oxygen atoms in total. The fourth-order valence-electron chi connectivity index (χ4n) is 2.53. The van der Waals surface area contributed by atoms with Gasteiger partial charge in [0.15, 0.2) is 0 Å². The van der Waals surface area contributed by atoms with Gasteiger partial charge in [-0.1, -0.05) is 17.7 Å². The van der Waals surface area contributed by atoms with Crippen LogP contribution in [-0.4, -0.2) is 0 Å². The van der Waals surface area contributed by atoms with Crippen LogP contribution in [0.15, 0.2) is 24.3 Å². The molecule has 0 aromatic carbocycles. The highest BCUT2D eigenvalue weighted by Crippen LogP contribution is 2.47. The Labute approximate surface area is 62.6 Å². The third-order valence-corrected chi connectivity index (χ3v) is 3.03. The maximum absolute atomic E-state index is 3.87. The zero-order valence-corrected chi connectivity index (χ0v) is 6.51. The van der Waals surface area contributed by atoms with Crippen molar-refractivity contribution >= 4 is 0 Å². The highest BCUT2D eigenvalue weighted by molar-refractivity contribution is 5.21. The van der Waals surface area contributed by atoms with E-state index in [2.05, 4.69) is 25.7 Å². The number of fused-ring (bicyclic) bond motifs is 2. The zero-order valence-electron chi connectivity index (χ0n) is 6.51. The SMILES string of the molecule is C=C[C@@H]1C[C@@H]2C=C(C)[C@H]1C2. The summed E-state index contributed by atoms with van der Waals surface area (Å²) >= 11 is 0. The molecule has 0 heteroatoms. The van der Waals surface area contributed by atoms with Gasteiger partial charge >= 0.3 is 0 Å². The van der Waals surface area contributed by atoms with E-state index in [0.29, 0.717) is 0 Å². The third kappa shape index (κ3) is 0.681. The van der Waals surface area contributed by atoms with Crippen LogP contribution in [-0.2, 0) is 0 Å². The lowest BCUT2D eigenvalue weighted by Crippen LogP contribution is -2.06. The molecule has 2 aliphatic carbocycles. The predicted octanol–water partition coefficient (Wildman–Crippen LogP) is 2.77. The zero-order chi connectivity index (χ0) is 7.14. The van der Waals surface area contributed by atoms with Crippen molar-refractivity contribution in [2.45, 2.75) is 19.8 Å². The molecule has 10 heavy (non-hydrogen) atoms. The number of allylic oxidation sites excluding steroid dienone is 3. The molecule has 2 aliphatic rings. The fourth-order valence-corrected chi connectivity index (χ4v) is 2.53. The van der Waals surface area contributed by atoms with E-state index in [9.17, 15) is 0 Å². The van der Waals surface area contributed by atoms with Crippen LogP contribution in [0.4, 0.5) is 0 Å². The number of rotatable bonds is 1. The van der Waals surface area contributed by atoms with Gasteiger partial charge in [-0.3, -0.25) is 0 Å². The molecule has 1 fully saturated rings. The second-order valence-electron chi connectivity index (χ2n) is 3.65. The third-order valence-electron chi connectivity index (χ3n) is 3.03.